The number of hydrogen-bond acceptors (Lipinski definition) is 7. The van der Waals surface area contributed by atoms with Gasteiger partial charge in [-0.15, -0.1) is 0 Å². The Kier molecular flexibility index (Phi) is 7.80. The Morgan fingerprint density at radius 1 is 1.19 bits per heavy atom. The van der Waals surface area contributed by atoms with Crippen LogP contribution in [-0.2, 0) is 20.9 Å². The van der Waals surface area contributed by atoms with E-state index < -0.39 is 0 Å². The van der Waals surface area contributed by atoms with Crippen molar-refractivity contribution in [2.24, 2.45) is 5.92 Å². The molecule has 3 heterocycles. The first-order chi connectivity index (χ1) is 15.6. The highest BCUT2D eigenvalue weighted by atomic mass is 16.5. The van der Waals surface area contributed by atoms with E-state index in [-0.39, 0.29) is 11.8 Å². The minimum Gasteiger partial charge on any atom is -0.381 e. The number of nitrogens with one attached hydrogen (secondary N) is 1. The van der Waals surface area contributed by atoms with Crippen molar-refractivity contribution in [2.75, 3.05) is 46.5 Å². The van der Waals surface area contributed by atoms with Crippen LogP contribution in [0.15, 0.2) is 4.52 Å². The lowest BCUT2D eigenvalue weighted by molar-refractivity contribution is -0.135. The SMILES string of the molecule is COCc1c(C(=O)NCCN(C2CCOCC2)C2CCCN(C(=O)C3CC3)C2)noc1C. The Hall–Kier alpha value is -1.97. The Balaban J connectivity index is 1.37. The summed E-state index contributed by atoms with van der Waals surface area (Å²) in [6.07, 6.45) is 6.18. The number of carbonyl (C=O) groups is 2. The lowest BCUT2D eigenvalue weighted by Crippen LogP contribution is -2.55. The highest BCUT2D eigenvalue weighted by Crippen LogP contribution is 2.32. The zero-order chi connectivity index (χ0) is 22.5. The third-order valence-electron chi connectivity index (χ3n) is 6.91. The molecule has 32 heavy (non-hydrogen) atoms. The van der Waals surface area contributed by atoms with E-state index in [2.05, 4.69) is 20.3 Å². The maximum atomic E-state index is 12.7. The van der Waals surface area contributed by atoms with E-state index in [1.165, 1.54) is 0 Å². The summed E-state index contributed by atoms with van der Waals surface area (Å²) in [6, 6.07) is 0.741. The molecule has 1 unspecified atom stereocenters. The molecule has 9 heteroatoms. The molecule has 2 aliphatic heterocycles. The molecule has 1 aromatic heterocycles. The fourth-order valence-corrected chi connectivity index (χ4v) is 4.96. The van der Waals surface area contributed by atoms with E-state index in [4.69, 9.17) is 14.0 Å². The predicted octanol–water partition coefficient (Wildman–Crippen LogP) is 1.74. The molecular formula is C23H36N4O5. The van der Waals surface area contributed by atoms with E-state index in [9.17, 15) is 9.59 Å². The molecule has 0 bridgehead atoms. The Bertz CT molecular complexity index is 787. The van der Waals surface area contributed by atoms with Gasteiger partial charge < -0.3 is 24.2 Å². The summed E-state index contributed by atoms with van der Waals surface area (Å²) >= 11 is 0. The largest absolute Gasteiger partial charge is 0.381 e. The van der Waals surface area contributed by atoms with Crippen LogP contribution in [0.4, 0.5) is 0 Å². The second kappa shape index (κ2) is 10.8. The molecule has 2 amide bonds. The van der Waals surface area contributed by atoms with Crippen molar-refractivity contribution in [1.29, 1.82) is 0 Å². The smallest absolute Gasteiger partial charge is 0.273 e. The highest BCUT2D eigenvalue weighted by Gasteiger charge is 2.37. The van der Waals surface area contributed by atoms with Gasteiger partial charge >= 0.3 is 0 Å². The number of amides is 2. The molecule has 1 saturated carbocycles. The highest BCUT2D eigenvalue weighted by molar-refractivity contribution is 5.93. The number of ether oxygens (including phenoxy) is 2. The third-order valence-corrected chi connectivity index (χ3v) is 6.91. The Morgan fingerprint density at radius 2 is 1.97 bits per heavy atom. The molecule has 4 rings (SSSR count). The van der Waals surface area contributed by atoms with Crippen LogP contribution < -0.4 is 5.32 Å². The monoisotopic (exact) mass is 448 g/mol. The summed E-state index contributed by atoms with van der Waals surface area (Å²) in [5, 5.41) is 6.93. The molecule has 1 aromatic rings. The van der Waals surface area contributed by atoms with Gasteiger partial charge in [-0.05, 0) is 45.4 Å². The lowest BCUT2D eigenvalue weighted by Gasteiger charge is -2.44. The van der Waals surface area contributed by atoms with Gasteiger partial charge in [-0.25, -0.2) is 0 Å². The summed E-state index contributed by atoms with van der Waals surface area (Å²) in [5.41, 5.74) is 0.980. The van der Waals surface area contributed by atoms with Crippen molar-refractivity contribution >= 4 is 11.8 Å². The molecule has 0 radical (unpaired) electrons. The van der Waals surface area contributed by atoms with Gasteiger partial charge in [0, 0.05) is 64.5 Å². The van der Waals surface area contributed by atoms with Crippen LogP contribution in [0.1, 0.15) is 60.3 Å². The van der Waals surface area contributed by atoms with Crippen molar-refractivity contribution in [1.82, 2.24) is 20.3 Å². The third kappa shape index (κ3) is 5.50. The molecule has 3 fully saturated rings. The number of piperidine rings is 1. The van der Waals surface area contributed by atoms with E-state index in [1.54, 1.807) is 14.0 Å². The van der Waals surface area contributed by atoms with E-state index in [0.29, 0.717) is 48.2 Å². The molecule has 1 aliphatic carbocycles. The lowest BCUT2D eigenvalue weighted by atomic mass is 9.98. The van der Waals surface area contributed by atoms with Crippen LogP contribution in [0.5, 0.6) is 0 Å². The van der Waals surface area contributed by atoms with Crippen LogP contribution >= 0.6 is 0 Å². The average Bonchev–Trinajstić information content (AvgIpc) is 3.61. The number of aromatic nitrogens is 1. The van der Waals surface area contributed by atoms with Crippen LogP contribution in [0, 0.1) is 12.8 Å². The number of rotatable bonds is 9. The summed E-state index contributed by atoms with van der Waals surface area (Å²) in [6.45, 7) is 6.53. The first kappa shape index (κ1) is 23.2. The molecule has 9 nitrogen and oxygen atoms in total. The van der Waals surface area contributed by atoms with Crippen LogP contribution in [-0.4, -0.2) is 85.4 Å². The summed E-state index contributed by atoms with van der Waals surface area (Å²) in [7, 11) is 1.58. The number of hydrogen-bond donors (Lipinski definition) is 1. The van der Waals surface area contributed by atoms with E-state index in [0.717, 1.165) is 71.4 Å². The van der Waals surface area contributed by atoms with Gasteiger partial charge in [0.1, 0.15) is 5.76 Å². The number of nitrogens with zero attached hydrogens (tertiary/aromatic N) is 3. The van der Waals surface area contributed by atoms with Gasteiger partial charge in [-0.2, -0.15) is 0 Å². The zero-order valence-corrected chi connectivity index (χ0v) is 19.3. The standard InChI is InChI=1S/C23H36N4O5/c1-16-20(15-30-2)21(25-32-16)22(28)24-9-11-27(18-7-12-31-13-8-18)19-4-3-10-26(14-19)23(29)17-5-6-17/h17-19H,3-15H2,1-2H3,(H,24,28). The second-order valence-electron chi connectivity index (χ2n) is 9.19. The minimum absolute atomic E-state index is 0.241. The first-order valence-corrected chi connectivity index (χ1v) is 11.9. The fraction of sp³-hybridized carbons (Fsp3) is 0.783. The maximum absolute atomic E-state index is 12.7. The van der Waals surface area contributed by atoms with Gasteiger partial charge in [0.2, 0.25) is 5.91 Å². The van der Waals surface area contributed by atoms with Crippen molar-refractivity contribution in [3.8, 4) is 0 Å². The summed E-state index contributed by atoms with van der Waals surface area (Å²) in [5.74, 6) is 0.956. The van der Waals surface area contributed by atoms with Crippen molar-refractivity contribution in [3.63, 3.8) is 0 Å². The van der Waals surface area contributed by atoms with Gasteiger partial charge in [0.15, 0.2) is 5.69 Å². The molecule has 2 saturated heterocycles. The molecule has 3 aliphatic rings. The van der Waals surface area contributed by atoms with E-state index in [1.807, 2.05) is 0 Å². The molecule has 1 atom stereocenters. The second-order valence-corrected chi connectivity index (χ2v) is 9.19. The number of methoxy groups -OCH3 is 1. The van der Waals surface area contributed by atoms with Crippen molar-refractivity contribution in [3.05, 3.63) is 17.0 Å². The van der Waals surface area contributed by atoms with Crippen LogP contribution in [0.2, 0.25) is 0 Å². The molecule has 178 valence electrons. The minimum atomic E-state index is -0.241. The van der Waals surface area contributed by atoms with Gasteiger partial charge in [-0.3, -0.25) is 14.5 Å². The van der Waals surface area contributed by atoms with Crippen molar-refractivity contribution < 1.29 is 23.6 Å². The quantitative estimate of drug-likeness (QED) is 0.615. The normalized spacial score (nSPS) is 22.3. The molecular weight excluding hydrogens is 412 g/mol. The van der Waals surface area contributed by atoms with Gasteiger partial charge in [-0.1, -0.05) is 5.16 Å². The molecule has 0 spiro atoms. The van der Waals surface area contributed by atoms with Crippen LogP contribution in [0.3, 0.4) is 0 Å². The molecule has 0 aromatic carbocycles. The number of aryl methyl sites for hydroxylation is 1. The predicted molar refractivity (Wildman–Crippen MR) is 117 cm³/mol. The zero-order valence-electron chi connectivity index (χ0n) is 19.3. The van der Waals surface area contributed by atoms with Gasteiger partial charge in [0.25, 0.3) is 5.91 Å². The number of likely N-dealkylation sites (tertiary alicyclic amines) is 1. The first-order valence-electron chi connectivity index (χ1n) is 11.9. The fourth-order valence-electron chi connectivity index (χ4n) is 4.96. The van der Waals surface area contributed by atoms with E-state index >= 15 is 0 Å². The Morgan fingerprint density at radius 3 is 2.69 bits per heavy atom. The van der Waals surface area contributed by atoms with Gasteiger partial charge in [0.05, 0.1) is 12.2 Å². The Labute approximate surface area is 189 Å². The molecule has 1 N–H and O–H groups in total. The summed E-state index contributed by atoms with van der Waals surface area (Å²) < 4.78 is 16.0. The topological polar surface area (TPSA) is 97.1 Å². The van der Waals surface area contributed by atoms with Crippen molar-refractivity contribution in [2.45, 2.75) is 64.1 Å². The average molecular weight is 449 g/mol. The maximum Gasteiger partial charge on any atom is 0.273 e. The summed E-state index contributed by atoms with van der Waals surface area (Å²) in [4.78, 5) is 30.0. The van der Waals surface area contributed by atoms with Crippen LogP contribution in [0.25, 0.3) is 0 Å². The number of carbonyl (C=O) groups excluding carboxylic acids is 2.